The quantitative estimate of drug-likeness (QED) is 0.823. The van der Waals surface area contributed by atoms with E-state index >= 15 is 0 Å². The predicted octanol–water partition coefficient (Wildman–Crippen LogP) is 3.55. The third-order valence-corrected chi connectivity index (χ3v) is 3.08. The molecule has 0 aliphatic heterocycles. The monoisotopic (exact) mass is 237 g/mol. The van der Waals surface area contributed by atoms with Gasteiger partial charge in [-0.05, 0) is 38.1 Å². The number of rotatable bonds is 4. The van der Waals surface area contributed by atoms with E-state index in [1.54, 1.807) is 0 Å². The molecule has 1 aromatic heterocycles. The molecule has 1 heterocycles. The van der Waals surface area contributed by atoms with E-state index < -0.39 is 0 Å². The molecule has 0 spiro atoms. The lowest BCUT2D eigenvalue weighted by Gasteiger charge is -2.01. The Kier molecular flexibility index (Phi) is 3.52. The van der Waals surface area contributed by atoms with Crippen LogP contribution in [0.1, 0.15) is 18.1 Å². The van der Waals surface area contributed by atoms with E-state index in [1.807, 2.05) is 25.3 Å². The van der Waals surface area contributed by atoms with Crippen molar-refractivity contribution in [3.8, 4) is 0 Å². The van der Waals surface area contributed by atoms with Gasteiger partial charge in [0.05, 0.1) is 11.3 Å². The lowest BCUT2D eigenvalue weighted by molar-refractivity contribution is 0.605. The first-order chi connectivity index (χ1) is 7.74. The fraction of sp³-hybridized carbons (Fsp3) is 0.385. The molecular weight excluding hydrogens is 222 g/mol. The molecule has 0 unspecified atom stereocenters. The lowest BCUT2D eigenvalue weighted by Crippen LogP contribution is -2.15. The van der Waals surface area contributed by atoms with E-state index in [0.29, 0.717) is 0 Å². The van der Waals surface area contributed by atoms with E-state index in [-0.39, 0.29) is 0 Å². The van der Waals surface area contributed by atoms with Crippen molar-refractivity contribution in [2.45, 2.75) is 20.3 Å². The maximum Gasteiger partial charge on any atom is 0.138 e. The Bertz CT molecular complexity index is 490. The average Bonchev–Trinajstić information content (AvgIpc) is 2.69. The molecule has 1 aromatic carbocycles. The molecule has 0 fully saturated rings. The van der Waals surface area contributed by atoms with Gasteiger partial charge in [-0.25, -0.2) is 0 Å². The Balaban J connectivity index is 2.36. The summed E-state index contributed by atoms with van der Waals surface area (Å²) >= 11 is 6.21. The van der Waals surface area contributed by atoms with Crippen molar-refractivity contribution in [3.63, 3.8) is 0 Å². The summed E-state index contributed by atoms with van der Waals surface area (Å²) in [5.74, 6) is 0. The number of furan rings is 1. The Morgan fingerprint density at radius 1 is 1.38 bits per heavy atom. The van der Waals surface area contributed by atoms with Crippen molar-refractivity contribution in [2.75, 3.05) is 13.1 Å². The van der Waals surface area contributed by atoms with E-state index in [2.05, 4.69) is 12.2 Å². The minimum Gasteiger partial charge on any atom is -0.464 e. The van der Waals surface area contributed by atoms with Crippen LogP contribution in [0.4, 0.5) is 0 Å². The summed E-state index contributed by atoms with van der Waals surface area (Å²) in [6, 6.07) is 3.92. The highest BCUT2D eigenvalue weighted by Crippen LogP contribution is 2.31. The normalized spacial score (nSPS) is 11.2. The first-order valence-electron chi connectivity index (χ1n) is 5.60. The van der Waals surface area contributed by atoms with Gasteiger partial charge >= 0.3 is 0 Å². The van der Waals surface area contributed by atoms with Gasteiger partial charge in [0.25, 0.3) is 0 Å². The summed E-state index contributed by atoms with van der Waals surface area (Å²) in [5.41, 5.74) is 3.23. The molecule has 0 atom stereocenters. The fourth-order valence-electron chi connectivity index (χ4n) is 1.89. The van der Waals surface area contributed by atoms with Crippen molar-refractivity contribution in [2.24, 2.45) is 0 Å². The molecule has 0 aliphatic carbocycles. The summed E-state index contributed by atoms with van der Waals surface area (Å²) in [5, 5.41) is 5.15. The van der Waals surface area contributed by atoms with E-state index in [0.717, 1.165) is 41.1 Å². The Labute approximate surface area is 101 Å². The van der Waals surface area contributed by atoms with E-state index in [4.69, 9.17) is 16.0 Å². The van der Waals surface area contributed by atoms with Gasteiger partial charge in [0.2, 0.25) is 0 Å². The molecule has 2 rings (SSSR count). The number of hydrogen-bond acceptors (Lipinski definition) is 2. The minimum atomic E-state index is 0.779. The first-order valence-corrected chi connectivity index (χ1v) is 5.97. The molecule has 0 aliphatic rings. The SMILES string of the molecule is CCNCCc1coc2c(C)ccc(Cl)c12. The van der Waals surface area contributed by atoms with Gasteiger partial charge in [-0.15, -0.1) is 0 Å². The molecule has 1 N–H and O–H groups in total. The summed E-state index contributed by atoms with van der Waals surface area (Å²) in [7, 11) is 0. The number of fused-ring (bicyclic) bond motifs is 1. The van der Waals surface area contributed by atoms with Crippen molar-refractivity contribution in [3.05, 3.63) is 34.5 Å². The largest absolute Gasteiger partial charge is 0.464 e. The van der Waals surface area contributed by atoms with Gasteiger partial charge in [-0.3, -0.25) is 0 Å². The number of halogens is 1. The van der Waals surface area contributed by atoms with Crippen LogP contribution in [0, 0.1) is 6.92 Å². The molecule has 86 valence electrons. The zero-order chi connectivity index (χ0) is 11.5. The third-order valence-electron chi connectivity index (χ3n) is 2.76. The predicted molar refractivity (Wildman–Crippen MR) is 68.2 cm³/mol. The second-order valence-corrected chi connectivity index (χ2v) is 4.34. The highest BCUT2D eigenvalue weighted by atomic mass is 35.5. The Morgan fingerprint density at radius 2 is 2.19 bits per heavy atom. The van der Waals surface area contributed by atoms with Crippen molar-refractivity contribution >= 4 is 22.6 Å². The molecular formula is C13H16ClNO. The second kappa shape index (κ2) is 4.89. The van der Waals surface area contributed by atoms with Crippen LogP contribution in [0.2, 0.25) is 5.02 Å². The molecule has 0 radical (unpaired) electrons. The lowest BCUT2D eigenvalue weighted by atomic mass is 10.1. The number of hydrogen-bond donors (Lipinski definition) is 1. The van der Waals surface area contributed by atoms with Gasteiger partial charge < -0.3 is 9.73 Å². The highest BCUT2D eigenvalue weighted by molar-refractivity contribution is 6.35. The molecule has 0 bridgehead atoms. The van der Waals surface area contributed by atoms with Crippen LogP contribution in [0.5, 0.6) is 0 Å². The number of likely N-dealkylation sites (N-methyl/N-ethyl adjacent to an activating group) is 1. The highest BCUT2D eigenvalue weighted by Gasteiger charge is 2.11. The second-order valence-electron chi connectivity index (χ2n) is 3.93. The molecule has 0 saturated heterocycles. The summed E-state index contributed by atoms with van der Waals surface area (Å²) < 4.78 is 5.58. The maximum atomic E-state index is 6.21. The van der Waals surface area contributed by atoms with Crippen LogP contribution in [-0.4, -0.2) is 13.1 Å². The molecule has 16 heavy (non-hydrogen) atoms. The Hall–Kier alpha value is -0.990. The molecule has 2 nitrogen and oxygen atoms in total. The number of aryl methyl sites for hydroxylation is 1. The van der Waals surface area contributed by atoms with Crippen LogP contribution in [0.25, 0.3) is 11.0 Å². The molecule has 0 amide bonds. The van der Waals surface area contributed by atoms with Crippen LogP contribution in [0.3, 0.4) is 0 Å². The van der Waals surface area contributed by atoms with Crippen LogP contribution in [0.15, 0.2) is 22.8 Å². The van der Waals surface area contributed by atoms with Crippen molar-refractivity contribution in [1.29, 1.82) is 0 Å². The average molecular weight is 238 g/mol. The zero-order valence-electron chi connectivity index (χ0n) is 9.64. The van der Waals surface area contributed by atoms with Gasteiger partial charge in [0.15, 0.2) is 0 Å². The Morgan fingerprint density at radius 3 is 2.94 bits per heavy atom. The zero-order valence-corrected chi connectivity index (χ0v) is 10.4. The van der Waals surface area contributed by atoms with E-state index in [9.17, 15) is 0 Å². The van der Waals surface area contributed by atoms with Gasteiger partial charge in [-0.1, -0.05) is 24.6 Å². The minimum absolute atomic E-state index is 0.779. The van der Waals surface area contributed by atoms with Gasteiger partial charge in [0, 0.05) is 10.9 Å². The van der Waals surface area contributed by atoms with Gasteiger partial charge in [-0.2, -0.15) is 0 Å². The standard InChI is InChI=1S/C13H16ClNO/c1-3-15-7-6-10-8-16-13-9(2)4-5-11(14)12(10)13/h4-5,8,15H,3,6-7H2,1-2H3. The van der Waals surface area contributed by atoms with Crippen molar-refractivity contribution < 1.29 is 4.42 Å². The van der Waals surface area contributed by atoms with Crippen LogP contribution in [-0.2, 0) is 6.42 Å². The molecule has 3 heteroatoms. The summed E-state index contributed by atoms with van der Waals surface area (Å²) in [6.07, 6.45) is 2.77. The first kappa shape index (κ1) is 11.5. The summed E-state index contributed by atoms with van der Waals surface area (Å²) in [4.78, 5) is 0. The van der Waals surface area contributed by atoms with Crippen LogP contribution >= 0.6 is 11.6 Å². The van der Waals surface area contributed by atoms with Crippen LogP contribution < -0.4 is 5.32 Å². The summed E-state index contributed by atoms with van der Waals surface area (Å²) in [6.45, 7) is 6.08. The van der Waals surface area contributed by atoms with Crippen molar-refractivity contribution in [1.82, 2.24) is 5.32 Å². The smallest absolute Gasteiger partial charge is 0.138 e. The molecule has 0 saturated carbocycles. The number of benzene rings is 1. The molecule has 2 aromatic rings. The van der Waals surface area contributed by atoms with E-state index in [1.165, 1.54) is 5.56 Å². The van der Waals surface area contributed by atoms with Gasteiger partial charge in [0.1, 0.15) is 5.58 Å². The maximum absolute atomic E-state index is 6.21. The topological polar surface area (TPSA) is 25.2 Å². The third kappa shape index (κ3) is 2.08. The number of nitrogens with one attached hydrogen (secondary N) is 1. The fourth-order valence-corrected chi connectivity index (χ4v) is 2.16.